The largest absolute Gasteiger partial charge is 0.313 e. The second kappa shape index (κ2) is 4.09. The van der Waals surface area contributed by atoms with Crippen LogP contribution in [0.2, 0.25) is 0 Å². The van der Waals surface area contributed by atoms with E-state index in [0.29, 0.717) is 12.0 Å². The molecular formula is C15H20FN. The van der Waals surface area contributed by atoms with Gasteiger partial charge in [-0.15, -0.1) is 0 Å². The van der Waals surface area contributed by atoms with Crippen LogP contribution in [-0.2, 0) is 5.41 Å². The first-order chi connectivity index (χ1) is 8.22. The highest BCUT2D eigenvalue weighted by Gasteiger charge is 2.47. The third-order valence-electron chi connectivity index (χ3n) is 4.66. The topological polar surface area (TPSA) is 12.0 Å². The Morgan fingerprint density at radius 2 is 2.06 bits per heavy atom. The van der Waals surface area contributed by atoms with Crippen LogP contribution in [0.25, 0.3) is 0 Å². The Hall–Kier alpha value is -0.890. The lowest BCUT2D eigenvalue weighted by molar-refractivity contribution is 0.129. The van der Waals surface area contributed by atoms with E-state index in [2.05, 4.69) is 12.2 Å². The summed E-state index contributed by atoms with van der Waals surface area (Å²) < 4.78 is 14.0. The highest BCUT2D eigenvalue weighted by atomic mass is 19.1. The number of benzene rings is 1. The van der Waals surface area contributed by atoms with E-state index in [1.165, 1.54) is 19.3 Å². The van der Waals surface area contributed by atoms with Crippen LogP contribution in [0.1, 0.15) is 38.2 Å². The molecule has 0 saturated heterocycles. The van der Waals surface area contributed by atoms with E-state index in [1.807, 2.05) is 12.1 Å². The zero-order valence-corrected chi connectivity index (χ0v) is 10.4. The average Bonchev–Trinajstić information content (AvgIpc) is 3.14. The molecule has 0 bridgehead atoms. The molecule has 0 radical (unpaired) electrons. The zero-order chi connectivity index (χ0) is 11.9. The summed E-state index contributed by atoms with van der Waals surface area (Å²) in [6.45, 7) is 3.20. The van der Waals surface area contributed by atoms with Gasteiger partial charge in [-0.05, 0) is 43.2 Å². The number of nitrogens with one attached hydrogen (secondary N) is 1. The quantitative estimate of drug-likeness (QED) is 0.841. The van der Waals surface area contributed by atoms with Crippen molar-refractivity contribution in [2.24, 2.45) is 5.92 Å². The van der Waals surface area contributed by atoms with Crippen molar-refractivity contribution in [1.29, 1.82) is 0 Å². The van der Waals surface area contributed by atoms with Crippen molar-refractivity contribution < 1.29 is 4.39 Å². The van der Waals surface area contributed by atoms with Crippen molar-refractivity contribution >= 4 is 0 Å². The summed E-state index contributed by atoms with van der Waals surface area (Å²) in [5.41, 5.74) is 0.973. The molecule has 0 heterocycles. The van der Waals surface area contributed by atoms with E-state index < -0.39 is 0 Å². The molecule has 1 N–H and O–H groups in total. The van der Waals surface area contributed by atoms with Gasteiger partial charge in [0.1, 0.15) is 5.82 Å². The Bertz CT molecular complexity index is 413. The fraction of sp³-hybridized carbons (Fsp3) is 0.600. The van der Waals surface area contributed by atoms with E-state index in [-0.39, 0.29) is 11.2 Å². The molecule has 2 aliphatic rings. The van der Waals surface area contributed by atoms with Gasteiger partial charge in [0, 0.05) is 18.0 Å². The minimum absolute atomic E-state index is 0.0309. The van der Waals surface area contributed by atoms with Crippen LogP contribution in [0.3, 0.4) is 0 Å². The van der Waals surface area contributed by atoms with Crippen LogP contribution in [0, 0.1) is 11.7 Å². The smallest absolute Gasteiger partial charge is 0.127 e. The second-order valence-corrected chi connectivity index (χ2v) is 5.73. The standard InChI is InChI=1S/C15H20FN/c1-11-8-9-15(11,10-17-12-6-7-12)13-4-2-3-5-14(13)16/h2-5,11-12,17H,6-10H2,1H3. The lowest BCUT2D eigenvalue weighted by atomic mass is 9.57. The molecule has 2 saturated carbocycles. The monoisotopic (exact) mass is 233 g/mol. The first-order valence-corrected chi connectivity index (χ1v) is 6.71. The number of hydrogen-bond acceptors (Lipinski definition) is 1. The van der Waals surface area contributed by atoms with Gasteiger partial charge in [0.2, 0.25) is 0 Å². The van der Waals surface area contributed by atoms with E-state index >= 15 is 0 Å². The van der Waals surface area contributed by atoms with Crippen molar-refractivity contribution in [1.82, 2.24) is 5.32 Å². The van der Waals surface area contributed by atoms with Gasteiger partial charge in [0.05, 0.1) is 0 Å². The molecule has 2 unspecified atom stereocenters. The van der Waals surface area contributed by atoms with E-state index in [1.54, 1.807) is 12.1 Å². The molecule has 2 aliphatic carbocycles. The van der Waals surface area contributed by atoms with Gasteiger partial charge >= 0.3 is 0 Å². The van der Waals surface area contributed by atoms with E-state index in [0.717, 1.165) is 18.5 Å². The minimum atomic E-state index is -0.0309. The van der Waals surface area contributed by atoms with Crippen LogP contribution in [-0.4, -0.2) is 12.6 Å². The predicted molar refractivity (Wildman–Crippen MR) is 67.5 cm³/mol. The Morgan fingerprint density at radius 3 is 2.59 bits per heavy atom. The second-order valence-electron chi connectivity index (χ2n) is 5.73. The third-order valence-corrected chi connectivity index (χ3v) is 4.66. The normalized spacial score (nSPS) is 32.2. The van der Waals surface area contributed by atoms with Gasteiger partial charge < -0.3 is 5.32 Å². The molecule has 1 nitrogen and oxygen atoms in total. The summed E-state index contributed by atoms with van der Waals surface area (Å²) in [5, 5.41) is 3.59. The maximum atomic E-state index is 14.0. The SMILES string of the molecule is CC1CCC1(CNC1CC1)c1ccccc1F. The zero-order valence-electron chi connectivity index (χ0n) is 10.4. The summed E-state index contributed by atoms with van der Waals surface area (Å²) in [6.07, 6.45) is 4.93. The van der Waals surface area contributed by atoms with E-state index in [4.69, 9.17) is 0 Å². The summed E-state index contributed by atoms with van der Waals surface area (Å²) in [4.78, 5) is 0. The lowest BCUT2D eigenvalue weighted by Gasteiger charge is -2.49. The maximum Gasteiger partial charge on any atom is 0.127 e. The number of hydrogen-bond donors (Lipinski definition) is 1. The van der Waals surface area contributed by atoms with Crippen LogP contribution < -0.4 is 5.32 Å². The Balaban J connectivity index is 1.85. The summed E-state index contributed by atoms with van der Waals surface area (Å²) in [7, 11) is 0. The van der Waals surface area contributed by atoms with Crippen LogP contribution in [0.15, 0.2) is 24.3 Å². The Kier molecular flexibility index (Phi) is 2.70. The van der Waals surface area contributed by atoms with Crippen LogP contribution in [0.4, 0.5) is 4.39 Å². The molecule has 1 aromatic rings. The average molecular weight is 233 g/mol. The molecule has 17 heavy (non-hydrogen) atoms. The minimum Gasteiger partial charge on any atom is -0.313 e. The number of rotatable bonds is 4. The summed E-state index contributed by atoms with van der Waals surface area (Å²) in [6, 6.07) is 8.01. The van der Waals surface area contributed by atoms with Crippen molar-refractivity contribution in [2.45, 2.75) is 44.1 Å². The molecule has 1 aromatic carbocycles. The lowest BCUT2D eigenvalue weighted by Crippen LogP contribution is -2.51. The van der Waals surface area contributed by atoms with Crippen molar-refractivity contribution in [3.05, 3.63) is 35.6 Å². The molecule has 0 aromatic heterocycles. The molecule has 0 aliphatic heterocycles. The predicted octanol–water partition coefficient (Wildman–Crippen LogP) is 3.25. The fourth-order valence-electron chi connectivity index (χ4n) is 3.02. The molecule has 0 spiro atoms. The highest BCUT2D eigenvalue weighted by molar-refractivity contribution is 5.31. The van der Waals surface area contributed by atoms with Crippen LogP contribution in [0.5, 0.6) is 0 Å². The van der Waals surface area contributed by atoms with E-state index in [9.17, 15) is 4.39 Å². The van der Waals surface area contributed by atoms with Gasteiger partial charge in [0.15, 0.2) is 0 Å². The van der Waals surface area contributed by atoms with Crippen LogP contribution >= 0.6 is 0 Å². The van der Waals surface area contributed by atoms with Gasteiger partial charge in [-0.25, -0.2) is 4.39 Å². The molecule has 3 rings (SSSR count). The first-order valence-electron chi connectivity index (χ1n) is 6.71. The number of halogens is 1. The van der Waals surface area contributed by atoms with Crippen molar-refractivity contribution in [2.75, 3.05) is 6.54 Å². The fourth-order valence-corrected chi connectivity index (χ4v) is 3.02. The first kappa shape index (κ1) is 11.2. The molecule has 0 amide bonds. The molecule has 2 fully saturated rings. The van der Waals surface area contributed by atoms with Gasteiger partial charge in [-0.1, -0.05) is 25.1 Å². The maximum absolute atomic E-state index is 14.0. The van der Waals surface area contributed by atoms with Gasteiger partial charge in [0.25, 0.3) is 0 Å². The molecule has 92 valence electrons. The third kappa shape index (κ3) is 1.89. The van der Waals surface area contributed by atoms with Gasteiger partial charge in [-0.3, -0.25) is 0 Å². The molecular weight excluding hydrogens is 213 g/mol. The van der Waals surface area contributed by atoms with Crippen molar-refractivity contribution in [3.63, 3.8) is 0 Å². The Morgan fingerprint density at radius 1 is 1.29 bits per heavy atom. The Labute approximate surface area is 102 Å². The summed E-state index contributed by atoms with van der Waals surface area (Å²) >= 11 is 0. The summed E-state index contributed by atoms with van der Waals surface area (Å²) in [5.74, 6) is 0.558. The van der Waals surface area contributed by atoms with Crippen molar-refractivity contribution in [3.8, 4) is 0 Å². The molecule has 2 heteroatoms. The molecule has 2 atom stereocenters. The highest BCUT2D eigenvalue weighted by Crippen LogP contribution is 2.49. The van der Waals surface area contributed by atoms with Gasteiger partial charge in [-0.2, -0.15) is 0 Å².